The summed E-state index contributed by atoms with van der Waals surface area (Å²) in [6, 6.07) is 3.60. The summed E-state index contributed by atoms with van der Waals surface area (Å²) >= 11 is 7.77. The SMILES string of the molecule is O=CC1=C(CN2CCCCC2)NC(c2nccs2)=N[C@H]1c1ccc(F)cc1Cl. The predicted molar refractivity (Wildman–Crippen MR) is 109 cm³/mol. The van der Waals surface area contributed by atoms with Crippen molar-refractivity contribution in [2.45, 2.75) is 25.3 Å². The summed E-state index contributed by atoms with van der Waals surface area (Å²) < 4.78 is 13.6. The Bertz CT molecular complexity index is 922. The van der Waals surface area contributed by atoms with E-state index in [4.69, 9.17) is 16.6 Å². The Kier molecular flexibility index (Phi) is 5.85. The topological polar surface area (TPSA) is 57.6 Å². The molecule has 2 aliphatic heterocycles. The molecule has 146 valence electrons. The lowest BCUT2D eigenvalue weighted by atomic mass is 9.96. The number of hydrogen-bond acceptors (Lipinski definition) is 6. The van der Waals surface area contributed by atoms with Gasteiger partial charge in [-0.3, -0.25) is 14.7 Å². The van der Waals surface area contributed by atoms with Gasteiger partial charge < -0.3 is 5.32 Å². The van der Waals surface area contributed by atoms with Crippen LogP contribution in [0.3, 0.4) is 0 Å². The summed E-state index contributed by atoms with van der Waals surface area (Å²) in [5.74, 6) is 0.190. The molecule has 1 aromatic heterocycles. The molecule has 2 aromatic rings. The van der Waals surface area contributed by atoms with E-state index in [1.54, 1.807) is 12.3 Å². The summed E-state index contributed by atoms with van der Waals surface area (Å²) in [5.41, 5.74) is 1.94. The van der Waals surface area contributed by atoms with Crippen molar-refractivity contribution in [3.05, 3.63) is 62.5 Å². The highest BCUT2D eigenvalue weighted by atomic mass is 35.5. The molecule has 0 bridgehead atoms. The van der Waals surface area contributed by atoms with E-state index in [1.165, 1.54) is 29.9 Å². The Labute approximate surface area is 171 Å². The molecule has 5 nitrogen and oxygen atoms in total. The predicted octanol–water partition coefficient (Wildman–Crippen LogP) is 3.97. The third-order valence-corrected chi connectivity index (χ3v) is 6.13. The zero-order valence-corrected chi connectivity index (χ0v) is 16.8. The van der Waals surface area contributed by atoms with Crippen LogP contribution >= 0.6 is 22.9 Å². The van der Waals surface area contributed by atoms with Crippen molar-refractivity contribution in [3.63, 3.8) is 0 Å². The minimum absolute atomic E-state index is 0.255. The quantitative estimate of drug-likeness (QED) is 0.746. The van der Waals surface area contributed by atoms with Crippen LogP contribution in [0.15, 0.2) is 46.0 Å². The number of thiazole rings is 1. The van der Waals surface area contributed by atoms with Crippen molar-refractivity contribution in [2.75, 3.05) is 19.6 Å². The van der Waals surface area contributed by atoms with Crippen LogP contribution in [0.2, 0.25) is 5.02 Å². The largest absolute Gasteiger partial charge is 0.340 e. The molecule has 0 spiro atoms. The van der Waals surface area contributed by atoms with Crippen LogP contribution in [0.25, 0.3) is 0 Å². The molecule has 1 saturated heterocycles. The molecule has 1 atom stereocenters. The number of aromatic nitrogens is 1. The number of benzene rings is 1. The number of piperidine rings is 1. The van der Waals surface area contributed by atoms with E-state index in [0.29, 0.717) is 23.5 Å². The van der Waals surface area contributed by atoms with Gasteiger partial charge in [0.2, 0.25) is 0 Å². The second-order valence-electron chi connectivity index (χ2n) is 6.90. The van der Waals surface area contributed by atoms with Gasteiger partial charge in [0.1, 0.15) is 18.1 Å². The van der Waals surface area contributed by atoms with Crippen LogP contribution in [0, 0.1) is 5.82 Å². The lowest BCUT2D eigenvalue weighted by Crippen LogP contribution is -2.40. The Balaban J connectivity index is 1.75. The lowest BCUT2D eigenvalue weighted by Gasteiger charge is -2.31. The number of rotatable bonds is 5. The highest BCUT2D eigenvalue weighted by Gasteiger charge is 2.29. The van der Waals surface area contributed by atoms with Crippen molar-refractivity contribution in [2.24, 2.45) is 4.99 Å². The fourth-order valence-corrected chi connectivity index (χ4v) is 4.49. The van der Waals surface area contributed by atoms with Gasteiger partial charge in [0.15, 0.2) is 10.8 Å². The Morgan fingerprint density at radius 2 is 2.14 bits per heavy atom. The molecule has 0 amide bonds. The number of hydrogen-bond donors (Lipinski definition) is 1. The van der Waals surface area contributed by atoms with Crippen LogP contribution in [0.1, 0.15) is 35.9 Å². The molecule has 1 aromatic carbocycles. The first-order chi connectivity index (χ1) is 13.7. The monoisotopic (exact) mass is 418 g/mol. The molecule has 0 unspecified atom stereocenters. The van der Waals surface area contributed by atoms with E-state index >= 15 is 0 Å². The summed E-state index contributed by atoms with van der Waals surface area (Å²) in [5, 5.41) is 6.20. The molecule has 0 saturated carbocycles. The highest BCUT2D eigenvalue weighted by Crippen LogP contribution is 2.35. The summed E-state index contributed by atoms with van der Waals surface area (Å²) in [7, 11) is 0. The second kappa shape index (κ2) is 8.51. The van der Waals surface area contributed by atoms with Gasteiger partial charge in [0, 0.05) is 40.0 Å². The van der Waals surface area contributed by atoms with Crippen molar-refractivity contribution in [1.29, 1.82) is 0 Å². The fourth-order valence-electron chi connectivity index (χ4n) is 3.63. The maximum atomic E-state index is 13.6. The third-order valence-electron chi connectivity index (χ3n) is 5.02. The molecule has 1 fully saturated rings. The maximum absolute atomic E-state index is 13.6. The number of nitrogens with one attached hydrogen (secondary N) is 1. The number of nitrogens with zero attached hydrogens (tertiary/aromatic N) is 3. The first kappa shape index (κ1) is 19.2. The molecule has 8 heteroatoms. The molecule has 1 N–H and O–H groups in total. The van der Waals surface area contributed by atoms with Crippen LogP contribution in [0.4, 0.5) is 4.39 Å². The second-order valence-corrected chi connectivity index (χ2v) is 8.20. The molecule has 0 radical (unpaired) electrons. The van der Waals surface area contributed by atoms with E-state index in [9.17, 15) is 9.18 Å². The van der Waals surface area contributed by atoms with Gasteiger partial charge in [-0.2, -0.15) is 0 Å². The number of likely N-dealkylation sites (tertiary alicyclic amines) is 1. The zero-order valence-electron chi connectivity index (χ0n) is 15.2. The van der Waals surface area contributed by atoms with Gasteiger partial charge in [0.05, 0.1) is 0 Å². The van der Waals surface area contributed by atoms with E-state index in [0.717, 1.165) is 42.9 Å². The van der Waals surface area contributed by atoms with Gasteiger partial charge in [-0.15, -0.1) is 11.3 Å². The lowest BCUT2D eigenvalue weighted by molar-refractivity contribution is -0.105. The Morgan fingerprint density at radius 3 is 2.82 bits per heavy atom. The Hall–Kier alpha value is -2.09. The number of aliphatic imine (C=N–C) groups is 1. The fraction of sp³-hybridized carbons (Fsp3) is 0.350. The maximum Gasteiger partial charge on any atom is 0.163 e. The van der Waals surface area contributed by atoms with Crippen LogP contribution in [-0.2, 0) is 4.79 Å². The van der Waals surface area contributed by atoms with Gasteiger partial charge in [-0.25, -0.2) is 9.37 Å². The number of aldehydes is 1. The molecular weight excluding hydrogens is 399 g/mol. The highest BCUT2D eigenvalue weighted by molar-refractivity contribution is 7.11. The minimum Gasteiger partial charge on any atom is -0.340 e. The number of carbonyl (C=O) groups is 1. The summed E-state index contributed by atoms with van der Waals surface area (Å²) in [6.45, 7) is 2.64. The van der Waals surface area contributed by atoms with E-state index in [2.05, 4.69) is 15.2 Å². The zero-order chi connectivity index (χ0) is 19.5. The smallest absolute Gasteiger partial charge is 0.163 e. The first-order valence-electron chi connectivity index (χ1n) is 9.26. The van der Waals surface area contributed by atoms with Crippen molar-refractivity contribution in [3.8, 4) is 0 Å². The van der Waals surface area contributed by atoms with Crippen LogP contribution < -0.4 is 5.32 Å². The van der Waals surface area contributed by atoms with E-state index in [1.807, 2.05) is 5.38 Å². The normalized spacial score (nSPS) is 20.6. The van der Waals surface area contributed by atoms with Crippen molar-refractivity contribution < 1.29 is 9.18 Å². The van der Waals surface area contributed by atoms with Gasteiger partial charge >= 0.3 is 0 Å². The minimum atomic E-state index is -0.592. The summed E-state index contributed by atoms with van der Waals surface area (Å²) in [4.78, 5) is 23.5. The van der Waals surface area contributed by atoms with Crippen LogP contribution in [-0.4, -0.2) is 41.6 Å². The molecule has 28 heavy (non-hydrogen) atoms. The molecule has 2 aliphatic rings. The number of carbonyl (C=O) groups excluding carboxylic acids is 1. The first-order valence-corrected chi connectivity index (χ1v) is 10.5. The number of halogens is 2. The Morgan fingerprint density at radius 1 is 1.32 bits per heavy atom. The van der Waals surface area contributed by atoms with Gasteiger partial charge in [-0.05, 0) is 38.1 Å². The van der Waals surface area contributed by atoms with Gasteiger partial charge in [0.25, 0.3) is 0 Å². The van der Waals surface area contributed by atoms with Crippen molar-refractivity contribution in [1.82, 2.24) is 15.2 Å². The molecule has 4 rings (SSSR count). The average molecular weight is 419 g/mol. The summed E-state index contributed by atoms with van der Waals surface area (Å²) in [6.07, 6.45) is 6.10. The van der Waals surface area contributed by atoms with E-state index in [-0.39, 0.29) is 5.02 Å². The average Bonchev–Trinajstić information content (AvgIpc) is 3.23. The van der Waals surface area contributed by atoms with E-state index < -0.39 is 11.9 Å². The van der Waals surface area contributed by atoms with Gasteiger partial charge in [-0.1, -0.05) is 24.1 Å². The van der Waals surface area contributed by atoms with Crippen LogP contribution in [0.5, 0.6) is 0 Å². The standard InChI is InChI=1S/C20H20ClFN4OS/c21-16-10-13(22)4-5-14(16)18-15(12-27)17(11-26-7-2-1-3-8-26)24-19(25-18)20-23-6-9-28-20/h4-6,9-10,12,18H,1-3,7-8,11H2,(H,24,25)/t18-/m0/s1. The number of amidine groups is 1. The molecule has 3 heterocycles. The molecule has 0 aliphatic carbocycles. The van der Waals surface area contributed by atoms with Crippen molar-refractivity contribution >= 4 is 35.1 Å². The molecular formula is C20H20ClFN4OS. The third kappa shape index (κ3) is 4.01.